The fourth-order valence-electron chi connectivity index (χ4n) is 3.49. The van der Waals surface area contributed by atoms with Crippen LogP contribution in [-0.4, -0.2) is 30.1 Å². The highest BCUT2D eigenvalue weighted by atomic mass is 32.2. The van der Waals surface area contributed by atoms with Crippen LogP contribution in [0.5, 0.6) is 5.75 Å². The summed E-state index contributed by atoms with van der Waals surface area (Å²) in [5.74, 6) is -0.783. The molecule has 4 aromatic rings. The normalized spacial score (nSPS) is 11.7. The van der Waals surface area contributed by atoms with E-state index in [2.05, 4.69) is 0 Å². The standard InChI is InChI=1S/C23H20FNO5S2/c1-2-30-18-7-8-20-19(13-18)16(6-10-22(26)27)14-25(20)32(28,29)23-11-9-21(31-23)15-4-3-5-17(24)12-15/h3-5,7-9,11-14H,2,6,10H2,1H3,(H,26,27). The van der Waals surface area contributed by atoms with Crippen LogP contribution in [0.15, 0.2) is 65.0 Å². The molecule has 9 heteroatoms. The molecule has 0 radical (unpaired) electrons. The first-order valence-electron chi connectivity index (χ1n) is 9.89. The van der Waals surface area contributed by atoms with Crippen LogP contribution in [0.2, 0.25) is 0 Å². The largest absolute Gasteiger partial charge is 0.494 e. The van der Waals surface area contributed by atoms with Crippen LogP contribution in [0.25, 0.3) is 21.3 Å². The smallest absolute Gasteiger partial charge is 0.303 e. The van der Waals surface area contributed by atoms with Gasteiger partial charge in [0.25, 0.3) is 10.0 Å². The Morgan fingerprint density at radius 1 is 1.16 bits per heavy atom. The number of carboxylic acid groups (broad SMARTS) is 1. The summed E-state index contributed by atoms with van der Waals surface area (Å²) in [6, 6.07) is 14.2. The SMILES string of the molecule is CCOc1ccc2c(c1)c(CCC(=O)O)cn2S(=O)(=O)c1ccc(-c2cccc(F)c2)s1. The van der Waals surface area contributed by atoms with Crippen LogP contribution in [-0.2, 0) is 21.2 Å². The number of hydrogen-bond donors (Lipinski definition) is 1. The third-order valence-corrected chi connectivity index (χ3v) is 8.22. The molecule has 0 spiro atoms. The fraction of sp³-hybridized carbons (Fsp3) is 0.174. The quantitative estimate of drug-likeness (QED) is 0.382. The Balaban J connectivity index is 1.80. The molecule has 0 aliphatic heterocycles. The molecule has 2 heterocycles. The molecule has 0 amide bonds. The van der Waals surface area contributed by atoms with E-state index in [0.29, 0.717) is 39.3 Å². The highest BCUT2D eigenvalue weighted by molar-refractivity contribution is 7.92. The van der Waals surface area contributed by atoms with Crippen molar-refractivity contribution in [3.63, 3.8) is 0 Å². The van der Waals surface area contributed by atoms with Crippen molar-refractivity contribution in [2.75, 3.05) is 6.61 Å². The van der Waals surface area contributed by atoms with Gasteiger partial charge in [-0.25, -0.2) is 8.36 Å². The van der Waals surface area contributed by atoms with Crippen molar-refractivity contribution in [3.05, 3.63) is 72.2 Å². The van der Waals surface area contributed by atoms with Crippen molar-refractivity contribution in [3.8, 4) is 16.2 Å². The summed E-state index contributed by atoms with van der Waals surface area (Å²) in [4.78, 5) is 11.7. The predicted molar refractivity (Wildman–Crippen MR) is 121 cm³/mol. The van der Waals surface area contributed by atoms with Crippen LogP contribution in [0.4, 0.5) is 4.39 Å². The molecule has 0 saturated carbocycles. The zero-order chi connectivity index (χ0) is 22.9. The minimum absolute atomic E-state index is 0.104. The van der Waals surface area contributed by atoms with Crippen LogP contribution in [0.3, 0.4) is 0 Å². The third-order valence-electron chi connectivity index (χ3n) is 4.95. The monoisotopic (exact) mass is 473 g/mol. The van der Waals surface area contributed by atoms with E-state index in [1.807, 2.05) is 6.92 Å². The Bertz CT molecular complexity index is 1410. The van der Waals surface area contributed by atoms with E-state index < -0.39 is 21.8 Å². The number of rotatable bonds is 8. The van der Waals surface area contributed by atoms with Gasteiger partial charge in [0.2, 0.25) is 0 Å². The summed E-state index contributed by atoms with van der Waals surface area (Å²) in [5.41, 5.74) is 1.64. The molecule has 2 aromatic heterocycles. The lowest BCUT2D eigenvalue weighted by Gasteiger charge is -2.07. The summed E-state index contributed by atoms with van der Waals surface area (Å²) in [7, 11) is -3.95. The van der Waals surface area contributed by atoms with Crippen molar-refractivity contribution in [2.24, 2.45) is 0 Å². The van der Waals surface area contributed by atoms with E-state index in [0.717, 1.165) is 11.3 Å². The van der Waals surface area contributed by atoms with Gasteiger partial charge in [0.15, 0.2) is 0 Å². The summed E-state index contributed by atoms with van der Waals surface area (Å²) in [6.45, 7) is 2.30. The minimum atomic E-state index is -3.95. The van der Waals surface area contributed by atoms with Gasteiger partial charge in [-0.2, -0.15) is 8.42 Å². The second kappa shape index (κ2) is 8.76. The number of nitrogens with zero attached hydrogens (tertiary/aromatic N) is 1. The highest BCUT2D eigenvalue weighted by Gasteiger charge is 2.24. The first kappa shape index (κ1) is 22.0. The molecule has 0 aliphatic carbocycles. The number of aliphatic carboxylic acids is 1. The van der Waals surface area contributed by atoms with Crippen LogP contribution < -0.4 is 4.74 Å². The van der Waals surface area contributed by atoms with Crippen molar-refractivity contribution >= 4 is 38.2 Å². The maximum Gasteiger partial charge on any atom is 0.303 e. The minimum Gasteiger partial charge on any atom is -0.494 e. The van der Waals surface area contributed by atoms with E-state index in [4.69, 9.17) is 9.84 Å². The molecule has 32 heavy (non-hydrogen) atoms. The molecule has 166 valence electrons. The van der Waals surface area contributed by atoms with Gasteiger partial charge >= 0.3 is 5.97 Å². The number of carboxylic acids is 1. The molecule has 0 aliphatic rings. The maximum atomic E-state index is 13.6. The predicted octanol–water partition coefficient (Wildman–Crippen LogP) is 5.16. The average molecular weight is 474 g/mol. The molecule has 4 rings (SSSR count). The zero-order valence-corrected chi connectivity index (χ0v) is 18.7. The summed E-state index contributed by atoms with van der Waals surface area (Å²) >= 11 is 1.05. The zero-order valence-electron chi connectivity index (χ0n) is 17.1. The van der Waals surface area contributed by atoms with Crippen molar-refractivity contribution < 1.29 is 27.4 Å². The maximum absolute atomic E-state index is 13.6. The Morgan fingerprint density at radius 3 is 2.69 bits per heavy atom. The van der Waals surface area contributed by atoms with Gasteiger partial charge in [0.05, 0.1) is 12.1 Å². The lowest BCUT2D eigenvalue weighted by molar-refractivity contribution is -0.136. The molecule has 2 aromatic carbocycles. The number of fused-ring (bicyclic) bond motifs is 1. The van der Waals surface area contributed by atoms with Gasteiger partial charge in [-0.3, -0.25) is 4.79 Å². The van der Waals surface area contributed by atoms with E-state index >= 15 is 0 Å². The van der Waals surface area contributed by atoms with Crippen molar-refractivity contribution in [2.45, 2.75) is 24.0 Å². The van der Waals surface area contributed by atoms with Gasteiger partial charge < -0.3 is 9.84 Å². The van der Waals surface area contributed by atoms with E-state index in [-0.39, 0.29) is 17.1 Å². The second-order valence-corrected chi connectivity index (χ2v) is 10.2. The van der Waals surface area contributed by atoms with Gasteiger partial charge in [-0.15, -0.1) is 11.3 Å². The Kier molecular flexibility index (Phi) is 6.03. The summed E-state index contributed by atoms with van der Waals surface area (Å²) in [5, 5.41) is 9.71. The number of hydrogen-bond acceptors (Lipinski definition) is 5. The third kappa shape index (κ3) is 4.26. The molecular formula is C23H20FNO5S2. The Morgan fingerprint density at radius 2 is 1.97 bits per heavy atom. The van der Waals surface area contributed by atoms with E-state index in [1.165, 1.54) is 28.4 Å². The number of thiophene rings is 1. The summed E-state index contributed by atoms with van der Waals surface area (Å²) < 4.78 is 47.3. The second-order valence-electron chi connectivity index (χ2n) is 7.09. The molecule has 0 fully saturated rings. The van der Waals surface area contributed by atoms with E-state index in [1.54, 1.807) is 36.4 Å². The molecule has 0 atom stereocenters. The van der Waals surface area contributed by atoms with Crippen LogP contribution >= 0.6 is 11.3 Å². The first-order chi connectivity index (χ1) is 15.3. The van der Waals surface area contributed by atoms with Gasteiger partial charge in [0.1, 0.15) is 15.8 Å². The number of ether oxygens (including phenoxy) is 1. The van der Waals surface area contributed by atoms with E-state index in [9.17, 15) is 17.6 Å². The Hall–Kier alpha value is -3.17. The Labute approximate surface area is 188 Å². The molecule has 6 nitrogen and oxygen atoms in total. The first-order valence-corrected chi connectivity index (χ1v) is 12.1. The van der Waals surface area contributed by atoms with Gasteiger partial charge in [0, 0.05) is 22.9 Å². The number of benzene rings is 2. The van der Waals surface area contributed by atoms with Crippen LogP contribution in [0.1, 0.15) is 18.9 Å². The lowest BCUT2D eigenvalue weighted by atomic mass is 10.1. The fourth-order valence-corrected chi connectivity index (χ4v) is 6.28. The van der Waals surface area contributed by atoms with Crippen LogP contribution in [0, 0.1) is 5.82 Å². The topological polar surface area (TPSA) is 85.6 Å². The summed E-state index contributed by atoms with van der Waals surface area (Å²) in [6.07, 6.45) is 1.53. The molecular weight excluding hydrogens is 453 g/mol. The molecule has 1 N–H and O–H groups in total. The molecule has 0 unspecified atom stereocenters. The van der Waals surface area contributed by atoms with Gasteiger partial charge in [-0.1, -0.05) is 12.1 Å². The lowest BCUT2D eigenvalue weighted by Crippen LogP contribution is -2.10. The van der Waals surface area contributed by atoms with Gasteiger partial charge in [-0.05, 0) is 66.9 Å². The number of carbonyl (C=O) groups is 1. The molecule has 0 bridgehead atoms. The molecule has 0 saturated heterocycles. The number of aromatic nitrogens is 1. The van der Waals surface area contributed by atoms with Crippen molar-refractivity contribution in [1.82, 2.24) is 3.97 Å². The van der Waals surface area contributed by atoms with Crippen molar-refractivity contribution in [1.29, 1.82) is 0 Å². The number of aryl methyl sites for hydroxylation is 1. The highest BCUT2D eigenvalue weighted by Crippen LogP contribution is 2.35. The number of halogens is 1. The average Bonchev–Trinajstić information content (AvgIpc) is 3.39.